The number of likely N-dealkylation sites (N-methyl/N-ethyl adjacent to an activating group) is 1. The van der Waals surface area contributed by atoms with Crippen molar-refractivity contribution in [2.24, 2.45) is 7.05 Å². The van der Waals surface area contributed by atoms with Crippen LogP contribution in [0, 0.1) is 0 Å². The Morgan fingerprint density at radius 2 is 2.28 bits per heavy atom. The summed E-state index contributed by atoms with van der Waals surface area (Å²) in [5, 5.41) is 7.76. The zero-order valence-electron chi connectivity index (χ0n) is 11.1. The number of aryl methyl sites for hydroxylation is 2. The molecule has 0 spiro atoms. The highest BCUT2D eigenvalue weighted by atomic mass is 15.3. The molecule has 96 valence electrons. The topological polar surface area (TPSA) is 55.6 Å². The third kappa shape index (κ3) is 2.73. The van der Waals surface area contributed by atoms with Gasteiger partial charge in [-0.15, -0.1) is 0 Å². The highest BCUT2D eigenvalue weighted by molar-refractivity contribution is 5.15. The largest absolute Gasteiger partial charge is 0.311 e. The molecule has 2 heterocycles. The van der Waals surface area contributed by atoms with Gasteiger partial charge in [0, 0.05) is 25.4 Å². The average Bonchev–Trinajstić information content (AvgIpc) is 2.77. The quantitative estimate of drug-likeness (QED) is 0.862. The standard InChI is InChI=1S/C13H19N5/c1-4-10-7-11(18(3)17-10)8-13(14-2)12-5-6-15-9-16-12/h5-7,9,13-14H,4,8H2,1-3H3. The molecule has 5 nitrogen and oxygen atoms in total. The summed E-state index contributed by atoms with van der Waals surface area (Å²) < 4.78 is 1.95. The zero-order valence-corrected chi connectivity index (χ0v) is 11.1. The normalized spacial score (nSPS) is 12.6. The van der Waals surface area contributed by atoms with Gasteiger partial charge >= 0.3 is 0 Å². The van der Waals surface area contributed by atoms with Crippen molar-refractivity contribution in [3.63, 3.8) is 0 Å². The van der Waals surface area contributed by atoms with Crippen molar-refractivity contribution in [2.75, 3.05) is 7.05 Å². The number of hydrogen-bond acceptors (Lipinski definition) is 4. The van der Waals surface area contributed by atoms with E-state index in [1.54, 1.807) is 12.5 Å². The average molecular weight is 245 g/mol. The Kier molecular flexibility index (Phi) is 4.04. The summed E-state index contributed by atoms with van der Waals surface area (Å²) in [5.41, 5.74) is 3.35. The van der Waals surface area contributed by atoms with Gasteiger partial charge in [0.2, 0.25) is 0 Å². The molecule has 0 aromatic carbocycles. The molecule has 2 rings (SSSR count). The molecule has 1 unspecified atom stereocenters. The van der Waals surface area contributed by atoms with Crippen molar-refractivity contribution >= 4 is 0 Å². The molecule has 0 fully saturated rings. The van der Waals surface area contributed by atoms with Crippen molar-refractivity contribution in [3.05, 3.63) is 41.7 Å². The van der Waals surface area contributed by atoms with Crippen LogP contribution in [0.25, 0.3) is 0 Å². The Bertz CT molecular complexity index is 491. The van der Waals surface area contributed by atoms with E-state index in [0.29, 0.717) is 0 Å². The smallest absolute Gasteiger partial charge is 0.115 e. The summed E-state index contributed by atoms with van der Waals surface area (Å²) in [6, 6.07) is 4.29. The number of aromatic nitrogens is 4. The van der Waals surface area contributed by atoms with Crippen LogP contribution in [0.1, 0.15) is 30.0 Å². The van der Waals surface area contributed by atoms with Gasteiger partial charge in [0.15, 0.2) is 0 Å². The van der Waals surface area contributed by atoms with Gasteiger partial charge in [0.1, 0.15) is 6.33 Å². The molecule has 18 heavy (non-hydrogen) atoms. The van der Waals surface area contributed by atoms with Crippen molar-refractivity contribution in [1.82, 2.24) is 25.1 Å². The fourth-order valence-electron chi connectivity index (χ4n) is 2.01. The maximum atomic E-state index is 4.47. The lowest BCUT2D eigenvalue weighted by Gasteiger charge is -2.15. The third-order valence-electron chi connectivity index (χ3n) is 3.11. The highest BCUT2D eigenvalue weighted by Crippen LogP contribution is 2.16. The van der Waals surface area contributed by atoms with Crippen LogP contribution in [0.3, 0.4) is 0 Å². The number of nitrogens with zero attached hydrogens (tertiary/aromatic N) is 4. The Morgan fingerprint density at radius 3 is 2.83 bits per heavy atom. The van der Waals surface area contributed by atoms with Crippen LogP contribution in [0.2, 0.25) is 0 Å². The Balaban J connectivity index is 2.18. The molecule has 5 heteroatoms. The van der Waals surface area contributed by atoms with Crippen LogP contribution in [-0.4, -0.2) is 26.8 Å². The highest BCUT2D eigenvalue weighted by Gasteiger charge is 2.14. The van der Waals surface area contributed by atoms with Gasteiger partial charge in [-0.25, -0.2) is 9.97 Å². The van der Waals surface area contributed by atoms with E-state index in [1.807, 2.05) is 24.8 Å². The van der Waals surface area contributed by atoms with E-state index in [0.717, 1.165) is 24.2 Å². The molecule has 0 aliphatic rings. The van der Waals surface area contributed by atoms with E-state index in [2.05, 4.69) is 33.4 Å². The molecule has 0 saturated carbocycles. The van der Waals surface area contributed by atoms with Crippen molar-refractivity contribution in [2.45, 2.75) is 25.8 Å². The summed E-state index contributed by atoms with van der Waals surface area (Å²) in [6.07, 6.45) is 5.19. The van der Waals surface area contributed by atoms with Gasteiger partial charge in [0.05, 0.1) is 17.4 Å². The van der Waals surface area contributed by atoms with Crippen LogP contribution in [0.5, 0.6) is 0 Å². The molecule has 1 atom stereocenters. The summed E-state index contributed by atoms with van der Waals surface area (Å²) in [5.74, 6) is 0. The molecule has 0 radical (unpaired) electrons. The van der Waals surface area contributed by atoms with Gasteiger partial charge in [-0.2, -0.15) is 5.10 Å². The van der Waals surface area contributed by atoms with Gasteiger partial charge in [-0.3, -0.25) is 4.68 Å². The first-order chi connectivity index (χ1) is 8.74. The van der Waals surface area contributed by atoms with Crippen LogP contribution in [0.4, 0.5) is 0 Å². The molecule has 0 aliphatic carbocycles. The minimum Gasteiger partial charge on any atom is -0.311 e. The predicted octanol–water partition coefficient (Wildman–Crippen LogP) is 1.28. The maximum Gasteiger partial charge on any atom is 0.115 e. The number of nitrogens with one attached hydrogen (secondary N) is 1. The van der Waals surface area contributed by atoms with E-state index in [1.165, 1.54) is 5.69 Å². The first-order valence-corrected chi connectivity index (χ1v) is 6.19. The summed E-state index contributed by atoms with van der Waals surface area (Å²) in [6.45, 7) is 2.12. The predicted molar refractivity (Wildman–Crippen MR) is 70.1 cm³/mol. The van der Waals surface area contributed by atoms with E-state index < -0.39 is 0 Å². The molecular weight excluding hydrogens is 226 g/mol. The lowest BCUT2D eigenvalue weighted by Crippen LogP contribution is -2.21. The second-order valence-corrected chi connectivity index (χ2v) is 4.28. The summed E-state index contributed by atoms with van der Waals surface area (Å²) in [4.78, 5) is 8.25. The van der Waals surface area contributed by atoms with Gasteiger partial charge in [-0.1, -0.05) is 6.92 Å². The number of hydrogen-bond donors (Lipinski definition) is 1. The first kappa shape index (κ1) is 12.7. The number of rotatable bonds is 5. The van der Waals surface area contributed by atoms with Gasteiger partial charge < -0.3 is 5.32 Å². The molecule has 0 saturated heterocycles. The van der Waals surface area contributed by atoms with E-state index >= 15 is 0 Å². The van der Waals surface area contributed by atoms with Crippen molar-refractivity contribution in [1.29, 1.82) is 0 Å². The SMILES string of the molecule is CCc1cc(CC(NC)c2ccncn2)n(C)n1. The second kappa shape index (κ2) is 5.73. The second-order valence-electron chi connectivity index (χ2n) is 4.28. The molecule has 0 amide bonds. The Morgan fingerprint density at radius 1 is 1.44 bits per heavy atom. The molecule has 1 N–H and O–H groups in total. The Hall–Kier alpha value is -1.75. The Labute approximate surface area is 107 Å². The summed E-state index contributed by atoms with van der Waals surface area (Å²) in [7, 11) is 3.94. The molecule has 2 aromatic rings. The van der Waals surface area contributed by atoms with Crippen molar-refractivity contribution < 1.29 is 0 Å². The molecular formula is C13H19N5. The zero-order chi connectivity index (χ0) is 13.0. The minimum atomic E-state index is 0.188. The van der Waals surface area contributed by atoms with E-state index in [-0.39, 0.29) is 6.04 Å². The van der Waals surface area contributed by atoms with Gasteiger partial charge in [-0.05, 0) is 25.6 Å². The molecule has 0 bridgehead atoms. The monoisotopic (exact) mass is 245 g/mol. The van der Waals surface area contributed by atoms with Crippen LogP contribution < -0.4 is 5.32 Å². The fourth-order valence-corrected chi connectivity index (χ4v) is 2.01. The van der Waals surface area contributed by atoms with Crippen LogP contribution >= 0.6 is 0 Å². The maximum absolute atomic E-state index is 4.47. The third-order valence-corrected chi connectivity index (χ3v) is 3.11. The van der Waals surface area contributed by atoms with E-state index in [4.69, 9.17) is 0 Å². The lowest BCUT2D eigenvalue weighted by atomic mass is 10.1. The van der Waals surface area contributed by atoms with Crippen molar-refractivity contribution in [3.8, 4) is 0 Å². The first-order valence-electron chi connectivity index (χ1n) is 6.19. The van der Waals surface area contributed by atoms with Crippen LogP contribution in [-0.2, 0) is 19.9 Å². The van der Waals surface area contributed by atoms with Crippen LogP contribution in [0.15, 0.2) is 24.7 Å². The lowest BCUT2D eigenvalue weighted by molar-refractivity contribution is 0.547. The fraction of sp³-hybridized carbons (Fsp3) is 0.462. The molecule has 2 aromatic heterocycles. The minimum absolute atomic E-state index is 0.188. The van der Waals surface area contributed by atoms with E-state index in [9.17, 15) is 0 Å². The summed E-state index contributed by atoms with van der Waals surface area (Å²) >= 11 is 0. The molecule has 0 aliphatic heterocycles. The van der Waals surface area contributed by atoms with Gasteiger partial charge in [0.25, 0.3) is 0 Å².